The Morgan fingerprint density at radius 3 is 1.83 bits per heavy atom. The average Bonchev–Trinajstić information content (AvgIpc) is 3.65. The molecular formula is C42H21Cl3F6N4O4. The summed E-state index contributed by atoms with van der Waals surface area (Å²) in [4.78, 5) is 32.4. The standard InChI is InChI=1S/C21H10ClF3N2O2.C14H7F2NO.C7H4Cl2FNO/c22-12-3-5-14(16(24)8-12)19-18(20(28)11-2-1-7-26-10-11)21(29-27-19)15-6-4-13(23)9-17(15)25;15-12-5-3-10(13(16)8-12)4-6-14(18)11-2-1-7-17-9-11;8-4-1-2-5(6(10)3-4)7(9)11-12/h1-10H;1-3,5,7-9H;1-3,12H/b;;11-7-. The molecule has 7 aromatic rings. The molecule has 0 spiro atoms. The zero-order valence-corrected chi connectivity index (χ0v) is 31.7. The van der Waals surface area contributed by atoms with Crippen molar-refractivity contribution in [3.63, 3.8) is 0 Å². The van der Waals surface area contributed by atoms with Crippen molar-refractivity contribution in [2.75, 3.05) is 0 Å². The lowest BCUT2D eigenvalue weighted by atomic mass is 9.95. The molecule has 0 saturated heterocycles. The highest BCUT2D eigenvalue weighted by Crippen LogP contribution is 2.37. The van der Waals surface area contributed by atoms with Crippen LogP contribution in [0.4, 0.5) is 26.3 Å². The van der Waals surface area contributed by atoms with Gasteiger partial charge in [0.15, 0.2) is 10.9 Å². The number of pyridine rings is 2. The van der Waals surface area contributed by atoms with Crippen LogP contribution in [0.15, 0.2) is 132 Å². The van der Waals surface area contributed by atoms with Crippen molar-refractivity contribution < 1.29 is 45.7 Å². The van der Waals surface area contributed by atoms with Gasteiger partial charge >= 0.3 is 0 Å². The predicted octanol–water partition coefficient (Wildman–Crippen LogP) is 11.2. The van der Waals surface area contributed by atoms with Crippen LogP contribution in [0.5, 0.6) is 0 Å². The lowest BCUT2D eigenvalue weighted by Gasteiger charge is -2.06. The van der Waals surface area contributed by atoms with Gasteiger partial charge in [-0.05, 0) is 90.8 Å². The largest absolute Gasteiger partial charge is 0.410 e. The minimum Gasteiger partial charge on any atom is -0.410 e. The molecule has 0 saturated carbocycles. The van der Waals surface area contributed by atoms with Crippen molar-refractivity contribution in [2.45, 2.75) is 0 Å². The molecule has 1 N–H and O–H groups in total. The summed E-state index contributed by atoms with van der Waals surface area (Å²) < 4.78 is 86.3. The SMILES string of the molecule is O/N=C(\Cl)c1ccc(Cl)cc1F.O=C(C#Cc1ccc(F)cc1F)c1cccnc1.O=C(c1cccnc1)c1c(-c2ccc(Cl)cc2F)noc1-c1ccc(F)cc1F. The second kappa shape index (κ2) is 20.1. The maximum atomic E-state index is 14.5. The molecule has 0 aliphatic heterocycles. The number of hydrogen-bond acceptors (Lipinski definition) is 8. The molecule has 17 heteroatoms. The van der Waals surface area contributed by atoms with Crippen LogP contribution in [0.3, 0.4) is 0 Å². The van der Waals surface area contributed by atoms with Gasteiger partial charge in [0, 0.05) is 63.7 Å². The molecule has 0 aliphatic rings. The first-order valence-corrected chi connectivity index (χ1v) is 17.5. The predicted molar refractivity (Wildman–Crippen MR) is 207 cm³/mol. The number of oxime groups is 1. The first kappa shape index (κ1) is 43.3. The zero-order valence-electron chi connectivity index (χ0n) is 29.4. The average molecular weight is 866 g/mol. The summed E-state index contributed by atoms with van der Waals surface area (Å²) in [5.41, 5.74) is -0.0674. The fourth-order valence-electron chi connectivity index (χ4n) is 4.86. The van der Waals surface area contributed by atoms with Crippen molar-refractivity contribution in [3.05, 3.63) is 195 Å². The Labute approximate surface area is 345 Å². The molecule has 0 radical (unpaired) electrons. The molecule has 4 aromatic carbocycles. The van der Waals surface area contributed by atoms with E-state index in [1.54, 1.807) is 18.2 Å². The monoisotopic (exact) mass is 864 g/mol. The van der Waals surface area contributed by atoms with Crippen LogP contribution in [-0.2, 0) is 0 Å². The third-order valence-electron chi connectivity index (χ3n) is 7.61. The van der Waals surface area contributed by atoms with E-state index >= 15 is 0 Å². The Bertz CT molecular complexity index is 2680. The lowest BCUT2D eigenvalue weighted by molar-refractivity contribution is 0.103. The van der Waals surface area contributed by atoms with E-state index in [-0.39, 0.29) is 60.1 Å². The van der Waals surface area contributed by atoms with Gasteiger partial charge in [-0.2, -0.15) is 0 Å². The molecular weight excluding hydrogens is 845 g/mol. The van der Waals surface area contributed by atoms with E-state index in [4.69, 9.17) is 44.5 Å². The minimum atomic E-state index is -0.954. The van der Waals surface area contributed by atoms with Gasteiger partial charge in [0.2, 0.25) is 11.6 Å². The number of Topliss-reactive ketones (excluding diaryl/α,β-unsaturated/α-hetero) is 1. The summed E-state index contributed by atoms with van der Waals surface area (Å²) in [6, 6.07) is 19.7. The topological polar surface area (TPSA) is 119 Å². The molecule has 0 unspecified atom stereocenters. The fourth-order valence-corrected chi connectivity index (χ4v) is 5.33. The van der Waals surface area contributed by atoms with Crippen molar-refractivity contribution >= 4 is 51.5 Å². The Hall–Kier alpha value is -6.79. The smallest absolute Gasteiger partial charge is 0.237 e. The molecule has 0 atom stereocenters. The van der Waals surface area contributed by atoms with Gasteiger partial charge in [-0.3, -0.25) is 19.6 Å². The highest BCUT2D eigenvalue weighted by Gasteiger charge is 2.29. The summed E-state index contributed by atoms with van der Waals surface area (Å²) in [6.45, 7) is 0. The Balaban J connectivity index is 0.000000187. The van der Waals surface area contributed by atoms with E-state index in [9.17, 15) is 35.9 Å². The third-order valence-corrected chi connectivity index (χ3v) is 8.36. The summed E-state index contributed by atoms with van der Waals surface area (Å²) in [7, 11) is 0. The number of carbonyl (C=O) groups excluding carboxylic acids is 2. The van der Waals surface area contributed by atoms with Crippen molar-refractivity contribution in [3.8, 4) is 34.4 Å². The highest BCUT2D eigenvalue weighted by molar-refractivity contribution is 6.69. The Kier molecular flexibility index (Phi) is 14.7. The zero-order chi connectivity index (χ0) is 42.6. The number of hydrogen-bond donors (Lipinski definition) is 1. The van der Waals surface area contributed by atoms with Gasteiger partial charge in [-0.15, -0.1) is 0 Å². The number of aromatic nitrogens is 3. The van der Waals surface area contributed by atoms with Gasteiger partial charge in [-0.1, -0.05) is 51.0 Å². The van der Waals surface area contributed by atoms with Crippen LogP contribution in [0.1, 0.15) is 37.4 Å². The second-order valence-electron chi connectivity index (χ2n) is 11.5. The number of halogens is 9. The lowest BCUT2D eigenvalue weighted by Crippen LogP contribution is -2.05. The summed E-state index contributed by atoms with van der Waals surface area (Å²) in [5.74, 6) is -1.25. The van der Waals surface area contributed by atoms with E-state index in [0.717, 1.165) is 36.4 Å². The summed E-state index contributed by atoms with van der Waals surface area (Å²) >= 11 is 16.6. The number of carbonyl (C=O) groups is 2. The number of benzene rings is 4. The van der Waals surface area contributed by atoms with Crippen LogP contribution < -0.4 is 0 Å². The molecule has 3 aromatic heterocycles. The van der Waals surface area contributed by atoms with E-state index in [1.807, 2.05) is 0 Å². The van der Waals surface area contributed by atoms with Gasteiger partial charge in [0.05, 0.1) is 22.3 Å². The van der Waals surface area contributed by atoms with Gasteiger partial charge in [0.25, 0.3) is 0 Å². The normalized spacial score (nSPS) is 10.6. The Morgan fingerprint density at radius 2 is 1.25 bits per heavy atom. The van der Waals surface area contributed by atoms with Gasteiger partial charge in [-0.25, -0.2) is 26.3 Å². The van der Waals surface area contributed by atoms with Crippen LogP contribution >= 0.6 is 34.8 Å². The van der Waals surface area contributed by atoms with Crippen LogP contribution in [0, 0.1) is 46.7 Å². The van der Waals surface area contributed by atoms with Crippen molar-refractivity contribution in [2.24, 2.45) is 5.16 Å². The van der Waals surface area contributed by atoms with E-state index in [1.165, 1.54) is 61.2 Å². The van der Waals surface area contributed by atoms with Gasteiger partial charge < -0.3 is 9.73 Å². The number of nitrogens with zero attached hydrogens (tertiary/aromatic N) is 4. The van der Waals surface area contributed by atoms with Crippen LogP contribution in [0.2, 0.25) is 10.0 Å². The molecule has 0 aliphatic carbocycles. The number of rotatable bonds is 6. The van der Waals surface area contributed by atoms with E-state index < -0.39 is 46.5 Å². The van der Waals surface area contributed by atoms with Crippen LogP contribution in [0.25, 0.3) is 22.6 Å². The summed E-state index contributed by atoms with van der Waals surface area (Å²) in [6.07, 6.45) is 5.69. The minimum absolute atomic E-state index is 0.0172. The van der Waals surface area contributed by atoms with Crippen LogP contribution in [-0.4, -0.2) is 37.1 Å². The highest BCUT2D eigenvalue weighted by atomic mass is 35.5. The van der Waals surface area contributed by atoms with E-state index in [0.29, 0.717) is 11.6 Å². The molecule has 0 bridgehead atoms. The molecule has 296 valence electrons. The molecule has 8 nitrogen and oxygen atoms in total. The molecule has 0 amide bonds. The van der Waals surface area contributed by atoms with E-state index in [2.05, 4.69) is 32.1 Å². The molecule has 59 heavy (non-hydrogen) atoms. The molecule has 3 heterocycles. The Morgan fingerprint density at radius 1 is 0.678 bits per heavy atom. The maximum Gasteiger partial charge on any atom is 0.237 e. The third kappa shape index (κ3) is 11.2. The maximum absolute atomic E-state index is 14.5. The summed E-state index contributed by atoms with van der Waals surface area (Å²) in [5, 5.41) is 14.8. The molecule has 7 rings (SSSR count). The number of ketones is 2. The second-order valence-corrected chi connectivity index (χ2v) is 12.7. The molecule has 0 fully saturated rings. The first-order valence-electron chi connectivity index (χ1n) is 16.4. The quantitative estimate of drug-likeness (QED) is 0.0441. The fraction of sp³-hybridized carbons (Fsp3) is 0. The first-order chi connectivity index (χ1) is 28.3. The van der Waals surface area contributed by atoms with Crippen molar-refractivity contribution in [1.29, 1.82) is 0 Å². The van der Waals surface area contributed by atoms with Gasteiger partial charge in [0.1, 0.15) is 40.6 Å². The van der Waals surface area contributed by atoms with Crippen molar-refractivity contribution in [1.82, 2.24) is 15.1 Å².